The summed E-state index contributed by atoms with van der Waals surface area (Å²) in [4.78, 5) is 0. The standard InChI is InChI=1S/C13H18O2/c1-14-12-7-4-8-13(9-12)15-10-11-5-2-3-6-11/h4,7-9,11H,2-3,5-6,10H2,1H3. The number of rotatable bonds is 4. The van der Waals surface area contributed by atoms with E-state index in [1.54, 1.807) is 7.11 Å². The Hall–Kier alpha value is -1.18. The Morgan fingerprint density at radius 2 is 1.93 bits per heavy atom. The Morgan fingerprint density at radius 3 is 2.67 bits per heavy atom. The van der Waals surface area contributed by atoms with Crippen LogP contribution in [0.4, 0.5) is 0 Å². The lowest BCUT2D eigenvalue weighted by atomic mass is 10.1. The zero-order valence-corrected chi connectivity index (χ0v) is 9.24. The summed E-state index contributed by atoms with van der Waals surface area (Å²) < 4.78 is 10.9. The molecule has 0 saturated heterocycles. The summed E-state index contributed by atoms with van der Waals surface area (Å²) >= 11 is 0. The van der Waals surface area contributed by atoms with E-state index >= 15 is 0 Å². The van der Waals surface area contributed by atoms with Crippen molar-refractivity contribution in [1.29, 1.82) is 0 Å². The molecule has 0 aromatic heterocycles. The molecule has 1 aliphatic carbocycles. The van der Waals surface area contributed by atoms with Gasteiger partial charge in [0.15, 0.2) is 0 Å². The second-order valence-corrected chi connectivity index (χ2v) is 4.14. The largest absolute Gasteiger partial charge is 0.497 e. The van der Waals surface area contributed by atoms with Crippen LogP contribution in [0, 0.1) is 5.92 Å². The SMILES string of the molecule is COc1cccc(OCC2CCCC2)c1. The van der Waals surface area contributed by atoms with Crippen molar-refractivity contribution in [2.75, 3.05) is 13.7 Å². The first kappa shape index (κ1) is 10.3. The van der Waals surface area contributed by atoms with Gasteiger partial charge in [-0.3, -0.25) is 0 Å². The van der Waals surface area contributed by atoms with Crippen LogP contribution >= 0.6 is 0 Å². The summed E-state index contributed by atoms with van der Waals surface area (Å²) in [5.41, 5.74) is 0. The van der Waals surface area contributed by atoms with Crippen LogP contribution in [0.25, 0.3) is 0 Å². The van der Waals surface area contributed by atoms with Crippen molar-refractivity contribution in [2.45, 2.75) is 25.7 Å². The van der Waals surface area contributed by atoms with Crippen molar-refractivity contribution < 1.29 is 9.47 Å². The van der Waals surface area contributed by atoms with E-state index in [1.165, 1.54) is 25.7 Å². The molecule has 0 spiro atoms. The Labute approximate surface area is 91.2 Å². The van der Waals surface area contributed by atoms with E-state index in [0.29, 0.717) is 0 Å². The van der Waals surface area contributed by atoms with Crippen molar-refractivity contribution in [3.63, 3.8) is 0 Å². The minimum atomic E-state index is 0.760. The molecule has 0 N–H and O–H groups in total. The molecule has 1 aliphatic rings. The molecular weight excluding hydrogens is 188 g/mol. The average molecular weight is 206 g/mol. The molecular formula is C13H18O2. The van der Waals surface area contributed by atoms with Crippen molar-refractivity contribution in [2.24, 2.45) is 5.92 Å². The van der Waals surface area contributed by atoms with Crippen molar-refractivity contribution in [3.05, 3.63) is 24.3 Å². The van der Waals surface area contributed by atoms with Gasteiger partial charge in [0.1, 0.15) is 11.5 Å². The molecule has 2 nitrogen and oxygen atoms in total. The van der Waals surface area contributed by atoms with Crippen LogP contribution in [0.1, 0.15) is 25.7 Å². The third-order valence-corrected chi connectivity index (χ3v) is 3.00. The smallest absolute Gasteiger partial charge is 0.122 e. The van der Waals surface area contributed by atoms with Gasteiger partial charge in [0.25, 0.3) is 0 Å². The second kappa shape index (κ2) is 5.06. The van der Waals surface area contributed by atoms with Gasteiger partial charge in [-0.25, -0.2) is 0 Å². The zero-order valence-electron chi connectivity index (χ0n) is 9.24. The molecule has 1 aromatic carbocycles. The summed E-state index contributed by atoms with van der Waals surface area (Å²) in [6.07, 6.45) is 5.38. The Morgan fingerprint density at radius 1 is 1.20 bits per heavy atom. The topological polar surface area (TPSA) is 18.5 Å². The Balaban J connectivity index is 1.86. The van der Waals surface area contributed by atoms with Gasteiger partial charge in [-0.05, 0) is 30.9 Å². The number of hydrogen-bond donors (Lipinski definition) is 0. The molecule has 0 radical (unpaired) electrons. The molecule has 0 aliphatic heterocycles. The molecule has 0 unspecified atom stereocenters. The van der Waals surface area contributed by atoms with Crippen LogP contribution < -0.4 is 9.47 Å². The van der Waals surface area contributed by atoms with Gasteiger partial charge in [0, 0.05) is 6.07 Å². The molecule has 82 valence electrons. The highest BCUT2D eigenvalue weighted by Gasteiger charge is 2.15. The summed E-state index contributed by atoms with van der Waals surface area (Å²) in [5, 5.41) is 0. The third-order valence-electron chi connectivity index (χ3n) is 3.00. The highest BCUT2D eigenvalue weighted by atomic mass is 16.5. The lowest BCUT2D eigenvalue weighted by molar-refractivity contribution is 0.251. The van der Waals surface area contributed by atoms with E-state index in [1.807, 2.05) is 24.3 Å². The molecule has 1 aromatic rings. The normalized spacial score (nSPS) is 16.6. The number of methoxy groups -OCH3 is 1. The summed E-state index contributed by atoms with van der Waals surface area (Å²) in [5.74, 6) is 2.54. The summed E-state index contributed by atoms with van der Waals surface area (Å²) in [7, 11) is 1.68. The monoisotopic (exact) mass is 206 g/mol. The molecule has 2 rings (SSSR count). The van der Waals surface area contributed by atoms with E-state index in [9.17, 15) is 0 Å². The molecule has 0 amide bonds. The molecule has 0 heterocycles. The lowest BCUT2D eigenvalue weighted by Gasteiger charge is -2.11. The van der Waals surface area contributed by atoms with E-state index in [-0.39, 0.29) is 0 Å². The fourth-order valence-corrected chi connectivity index (χ4v) is 2.08. The molecule has 1 saturated carbocycles. The van der Waals surface area contributed by atoms with Gasteiger partial charge < -0.3 is 9.47 Å². The first-order valence-corrected chi connectivity index (χ1v) is 5.65. The van der Waals surface area contributed by atoms with Crippen LogP contribution in [0.5, 0.6) is 11.5 Å². The maximum atomic E-state index is 5.75. The number of benzene rings is 1. The molecule has 1 fully saturated rings. The first-order valence-electron chi connectivity index (χ1n) is 5.65. The van der Waals surface area contributed by atoms with Crippen molar-refractivity contribution in [1.82, 2.24) is 0 Å². The van der Waals surface area contributed by atoms with Gasteiger partial charge in [0.2, 0.25) is 0 Å². The van der Waals surface area contributed by atoms with E-state index in [0.717, 1.165) is 24.0 Å². The third kappa shape index (κ3) is 2.88. The highest BCUT2D eigenvalue weighted by Crippen LogP contribution is 2.26. The fraction of sp³-hybridized carbons (Fsp3) is 0.538. The zero-order chi connectivity index (χ0) is 10.5. The fourth-order valence-electron chi connectivity index (χ4n) is 2.08. The summed E-state index contributed by atoms with van der Waals surface area (Å²) in [6.45, 7) is 0.854. The first-order chi connectivity index (χ1) is 7.38. The van der Waals surface area contributed by atoms with Crippen LogP contribution in [0.3, 0.4) is 0 Å². The van der Waals surface area contributed by atoms with Gasteiger partial charge in [0.05, 0.1) is 13.7 Å². The van der Waals surface area contributed by atoms with Crippen molar-refractivity contribution in [3.8, 4) is 11.5 Å². The maximum Gasteiger partial charge on any atom is 0.122 e. The van der Waals surface area contributed by atoms with Gasteiger partial charge in [-0.1, -0.05) is 18.9 Å². The Kier molecular flexibility index (Phi) is 3.49. The maximum absolute atomic E-state index is 5.75. The second-order valence-electron chi connectivity index (χ2n) is 4.14. The predicted octanol–water partition coefficient (Wildman–Crippen LogP) is 3.26. The van der Waals surface area contributed by atoms with E-state index < -0.39 is 0 Å². The summed E-state index contributed by atoms with van der Waals surface area (Å²) in [6, 6.07) is 7.82. The lowest BCUT2D eigenvalue weighted by Crippen LogP contribution is -2.07. The molecule has 2 heteroatoms. The quantitative estimate of drug-likeness (QED) is 0.752. The average Bonchev–Trinajstić information content (AvgIpc) is 2.79. The van der Waals surface area contributed by atoms with Crippen molar-refractivity contribution >= 4 is 0 Å². The molecule has 15 heavy (non-hydrogen) atoms. The van der Waals surface area contributed by atoms with Crippen LogP contribution in [-0.4, -0.2) is 13.7 Å². The van der Waals surface area contributed by atoms with Gasteiger partial charge >= 0.3 is 0 Å². The molecule has 0 bridgehead atoms. The van der Waals surface area contributed by atoms with E-state index in [2.05, 4.69) is 0 Å². The minimum absolute atomic E-state index is 0.760. The Bertz CT molecular complexity index is 303. The number of hydrogen-bond acceptors (Lipinski definition) is 2. The van der Waals surface area contributed by atoms with E-state index in [4.69, 9.17) is 9.47 Å². The highest BCUT2D eigenvalue weighted by molar-refractivity contribution is 5.32. The predicted molar refractivity (Wildman–Crippen MR) is 60.4 cm³/mol. The van der Waals surface area contributed by atoms with Gasteiger partial charge in [-0.2, -0.15) is 0 Å². The van der Waals surface area contributed by atoms with Gasteiger partial charge in [-0.15, -0.1) is 0 Å². The van der Waals surface area contributed by atoms with Crippen LogP contribution in [0.2, 0.25) is 0 Å². The van der Waals surface area contributed by atoms with Crippen LogP contribution in [-0.2, 0) is 0 Å². The molecule has 0 atom stereocenters. The van der Waals surface area contributed by atoms with Crippen LogP contribution in [0.15, 0.2) is 24.3 Å². The minimum Gasteiger partial charge on any atom is -0.497 e. The number of ether oxygens (including phenoxy) is 2.